The Bertz CT molecular complexity index is 3210. The number of hydrogen-bond acceptors (Lipinski definition) is 16. The van der Waals surface area contributed by atoms with E-state index in [1.54, 1.807) is 55.5 Å². The number of amides is 1. The smallest absolute Gasteiger partial charge is 0.327 e. The van der Waals surface area contributed by atoms with Crippen molar-refractivity contribution in [3.63, 3.8) is 0 Å². The van der Waals surface area contributed by atoms with Crippen molar-refractivity contribution in [2.24, 2.45) is 16.5 Å². The van der Waals surface area contributed by atoms with E-state index in [1.165, 1.54) is 12.5 Å². The first kappa shape index (κ1) is 67.1. The van der Waals surface area contributed by atoms with Crippen LogP contribution in [0.4, 0.5) is 11.6 Å². The standard InChI is InChI=1S/C11H12N2.C11H11NO2.C10H10N2O.C10H9NO.C9H10N4.C9H6N2.2CH4.H2N2.H2/c1-8-11(10(12)7-13-8)9-5-3-2-4-6-9;1-2-14-11(13)10(8-12)9-6-4-3-5-7-9;11-8-6-12-10(13)9(8)7-4-2-1-3-5-7;1-8(12)10(7-11)9-5-3-2-4-6-9;10-8-7(9(11)13-12-8)6-4-2-1-3-5-6;10-6-9(7-11)8-4-2-1-3-5-8;;;1-2;/h2-6H,7,12H2,1H3;3-7,10H,2H2,1H3;1-5H,6,11H2,(H,12,13);2-6,10H,1H3;1-5H,(H5,10,11,12,13);1-5,9H;2*1H4;1-2H;1H. The average molecular weight is 1080 g/mol. The number of benzene rings is 6. The minimum Gasteiger partial charge on any atom is -0.465 e. The Morgan fingerprint density at radius 1 is 0.613 bits per heavy atom. The molecule has 0 saturated heterocycles. The summed E-state index contributed by atoms with van der Waals surface area (Å²) in [6, 6.07) is 64.0. The number of nitrogens with two attached hydrogens (primary N) is 4. The van der Waals surface area contributed by atoms with Gasteiger partial charge in [-0.1, -0.05) is 197 Å². The van der Waals surface area contributed by atoms with Crippen LogP contribution in [0.3, 0.4) is 0 Å². The van der Waals surface area contributed by atoms with Gasteiger partial charge in [-0.3, -0.25) is 24.5 Å². The summed E-state index contributed by atoms with van der Waals surface area (Å²) in [6.45, 7) is 6.56. The second-order valence-corrected chi connectivity index (χ2v) is 16.3. The first-order valence-corrected chi connectivity index (χ1v) is 24.0. The van der Waals surface area contributed by atoms with Crippen molar-refractivity contribution in [1.29, 1.82) is 32.1 Å². The third-order valence-electron chi connectivity index (χ3n) is 11.0. The number of aliphatic imine (C=N–C) groups is 1. The molecule has 18 nitrogen and oxygen atoms in total. The predicted molar refractivity (Wildman–Crippen MR) is 317 cm³/mol. The molecule has 12 N–H and O–H groups in total. The van der Waals surface area contributed by atoms with Crippen molar-refractivity contribution in [2.75, 3.05) is 31.2 Å². The number of nitrogens with zero attached hydrogens (tertiary/aromatic N) is 6. The summed E-state index contributed by atoms with van der Waals surface area (Å²) in [5.41, 5.74) is 43.2. The number of Topliss-reactive ketones (excluding diaryl/α,β-unsaturated/α-hetero) is 1. The van der Waals surface area contributed by atoms with Gasteiger partial charge in [0, 0.05) is 24.1 Å². The highest BCUT2D eigenvalue weighted by Gasteiger charge is 2.22. The fraction of sp³-hybridized carbons (Fsp3) is 0.177. The summed E-state index contributed by atoms with van der Waals surface area (Å²) in [4.78, 5) is 37.9. The van der Waals surface area contributed by atoms with Gasteiger partial charge in [0.15, 0.2) is 23.4 Å². The number of aromatic nitrogens is 2. The van der Waals surface area contributed by atoms with Crippen molar-refractivity contribution in [3.05, 3.63) is 221 Å². The van der Waals surface area contributed by atoms with Crippen LogP contribution >= 0.6 is 0 Å². The Hall–Kier alpha value is -11.0. The van der Waals surface area contributed by atoms with Gasteiger partial charge in [0.05, 0.1) is 55.1 Å². The molecule has 6 aromatic carbocycles. The highest BCUT2D eigenvalue weighted by Crippen LogP contribution is 2.29. The van der Waals surface area contributed by atoms with Gasteiger partial charge in [0.1, 0.15) is 11.7 Å². The third kappa shape index (κ3) is 20.6. The van der Waals surface area contributed by atoms with E-state index in [9.17, 15) is 14.4 Å². The van der Waals surface area contributed by atoms with Gasteiger partial charge in [-0.25, -0.2) is 11.1 Å². The second-order valence-electron chi connectivity index (χ2n) is 16.3. The van der Waals surface area contributed by atoms with Crippen LogP contribution < -0.4 is 28.3 Å². The molecular weight excluding hydrogens is 1000 g/mol. The third-order valence-corrected chi connectivity index (χ3v) is 11.0. The van der Waals surface area contributed by atoms with E-state index in [2.05, 4.69) is 32.6 Å². The molecule has 0 aliphatic carbocycles. The minimum absolute atomic E-state index is 0. The van der Waals surface area contributed by atoms with Crippen LogP contribution in [-0.2, 0) is 19.1 Å². The number of hydrogen-bond donors (Lipinski definition) is 8. The number of anilines is 2. The molecule has 0 saturated carbocycles. The van der Waals surface area contributed by atoms with Gasteiger partial charge in [-0.15, -0.1) is 0 Å². The van der Waals surface area contributed by atoms with E-state index in [-0.39, 0.29) is 28.0 Å². The number of aromatic amines is 1. The van der Waals surface area contributed by atoms with Crippen LogP contribution in [0.15, 0.2) is 198 Å². The predicted octanol–water partition coefficient (Wildman–Crippen LogP) is 11.2. The number of nitriles is 4. The van der Waals surface area contributed by atoms with Crippen molar-refractivity contribution >= 4 is 46.2 Å². The molecule has 9 rings (SSSR count). The number of nitrogens with one attached hydrogen (secondary N) is 4. The molecule has 2 atom stereocenters. The number of H-pyrrole nitrogens is 1. The topological polar surface area (TPSA) is 360 Å². The maximum absolute atomic E-state index is 11.3. The maximum atomic E-state index is 11.3. The fourth-order valence-corrected chi connectivity index (χ4v) is 7.29. The quantitative estimate of drug-likeness (QED) is 0.0493. The summed E-state index contributed by atoms with van der Waals surface area (Å²) in [6.07, 6.45) is 0. The molecule has 2 unspecified atom stereocenters. The number of nitrogen functional groups attached to an aromatic ring is 2. The summed E-state index contributed by atoms with van der Waals surface area (Å²) >= 11 is 0. The van der Waals surface area contributed by atoms with Crippen LogP contribution in [0, 0.1) is 56.4 Å². The van der Waals surface area contributed by atoms with Crippen LogP contribution in [0.5, 0.6) is 0 Å². The largest absolute Gasteiger partial charge is 0.465 e. The molecule has 0 spiro atoms. The van der Waals surface area contributed by atoms with E-state index in [1.807, 2.05) is 153 Å². The molecule has 412 valence electrons. The number of ether oxygens (including phenoxy) is 1. The van der Waals surface area contributed by atoms with E-state index in [0.717, 1.165) is 44.8 Å². The average Bonchev–Trinajstić information content (AvgIpc) is 4.13. The number of carbonyl (C=O) groups excluding carboxylic acids is 3. The zero-order valence-corrected chi connectivity index (χ0v) is 43.3. The zero-order chi connectivity index (χ0) is 57.2. The molecule has 2 aliphatic rings. The molecule has 7 aromatic rings. The monoisotopic (exact) mass is 1070 g/mol. The van der Waals surface area contributed by atoms with Gasteiger partial charge in [0.25, 0.3) is 5.91 Å². The van der Waals surface area contributed by atoms with Gasteiger partial charge in [0.2, 0.25) is 0 Å². The lowest BCUT2D eigenvalue weighted by molar-refractivity contribution is -0.143. The van der Waals surface area contributed by atoms with Crippen molar-refractivity contribution in [2.45, 2.75) is 53.4 Å². The number of carbonyl (C=O) groups is 3. The van der Waals surface area contributed by atoms with Gasteiger partial charge < -0.3 is 33.0 Å². The van der Waals surface area contributed by atoms with E-state index >= 15 is 0 Å². The number of rotatable bonds is 9. The Morgan fingerprint density at radius 3 is 1.35 bits per heavy atom. The maximum Gasteiger partial charge on any atom is 0.327 e. The highest BCUT2D eigenvalue weighted by atomic mass is 16.5. The first-order valence-electron chi connectivity index (χ1n) is 24.0. The molecule has 1 amide bonds. The first-order chi connectivity index (χ1) is 37.8. The van der Waals surface area contributed by atoms with Gasteiger partial charge in [-0.2, -0.15) is 26.1 Å². The molecule has 3 heterocycles. The van der Waals surface area contributed by atoms with E-state index in [0.29, 0.717) is 48.2 Å². The molecule has 1 aromatic heterocycles. The highest BCUT2D eigenvalue weighted by molar-refractivity contribution is 6.25. The molecule has 80 heavy (non-hydrogen) atoms. The van der Waals surface area contributed by atoms with Crippen molar-refractivity contribution in [3.8, 4) is 35.4 Å². The Morgan fingerprint density at radius 2 is 1.01 bits per heavy atom. The summed E-state index contributed by atoms with van der Waals surface area (Å²) < 4.78 is 4.79. The normalized spacial score (nSPS) is 11.9. The molecule has 0 bridgehead atoms. The summed E-state index contributed by atoms with van der Waals surface area (Å²) in [7, 11) is 0. The lowest BCUT2D eigenvalue weighted by Gasteiger charge is -2.07. The van der Waals surface area contributed by atoms with Crippen LogP contribution in [-0.4, -0.2) is 53.3 Å². The zero-order valence-electron chi connectivity index (χ0n) is 43.3. The van der Waals surface area contributed by atoms with E-state index in [4.69, 9.17) is 59.8 Å². The second kappa shape index (κ2) is 36.9. The van der Waals surface area contributed by atoms with Crippen LogP contribution in [0.25, 0.3) is 22.3 Å². The van der Waals surface area contributed by atoms with Crippen LogP contribution in [0.2, 0.25) is 0 Å². The Labute approximate surface area is 470 Å². The van der Waals surface area contributed by atoms with Gasteiger partial charge >= 0.3 is 5.97 Å². The number of ketones is 1. The minimum atomic E-state index is -0.809. The van der Waals surface area contributed by atoms with Gasteiger partial charge in [-0.05, 0) is 54.2 Å². The van der Waals surface area contributed by atoms with E-state index < -0.39 is 23.7 Å². The molecule has 0 fully saturated rings. The van der Waals surface area contributed by atoms with Crippen LogP contribution in [0.1, 0.15) is 82.6 Å². The lowest BCUT2D eigenvalue weighted by atomic mass is 9.97. The Kier molecular flexibility index (Phi) is 30.9. The summed E-state index contributed by atoms with van der Waals surface area (Å²) in [5.74, 6) is -1.78. The van der Waals surface area contributed by atoms with Crippen molar-refractivity contribution < 1.29 is 20.5 Å². The number of allylic oxidation sites excluding steroid dienone is 1. The molecule has 18 heteroatoms. The Balaban J connectivity index is 0.000000936. The molecular formula is C62H70N14O4. The number of esters is 1. The molecule has 0 radical (unpaired) electrons. The SMILES string of the molecule is C.C.CC(=O)C(C#N)c1ccccc1.CC1=NCC(N)=C1c1ccccc1.CCOC(=O)C(C#N)c1ccccc1.N#CC(C#N)c1ccccc1.N=N.NC1=C(c2ccccc2)C(=O)NC1.Nc1n[nH]c(N)c1-c1ccccc1.[HH]. The van der Waals surface area contributed by atoms with Crippen molar-refractivity contribution in [1.82, 2.24) is 15.5 Å². The fourth-order valence-electron chi connectivity index (χ4n) is 7.29. The molecule has 2 aliphatic heterocycles. The summed E-state index contributed by atoms with van der Waals surface area (Å²) in [5, 5.41) is 43.7. The lowest BCUT2D eigenvalue weighted by Crippen LogP contribution is -2.17.